The van der Waals surface area contributed by atoms with Gasteiger partial charge >= 0.3 is 5.69 Å². The summed E-state index contributed by atoms with van der Waals surface area (Å²) in [5, 5.41) is 29.2. The number of nitrogens with zero attached hydrogens (tertiary/aromatic N) is 1. The van der Waals surface area contributed by atoms with Gasteiger partial charge in [-0.1, -0.05) is 12.1 Å². The molecule has 11 heteroatoms. The maximum Gasteiger partial charge on any atom is 0.315 e. The molecule has 1 aliphatic heterocycles. The zero-order chi connectivity index (χ0) is 29.3. The molecule has 41 heavy (non-hydrogen) atoms. The number of para-hydroxylation sites is 2. The lowest BCUT2D eigenvalue weighted by atomic mass is 9.78. The number of nitrogens with one attached hydrogen (secondary N) is 2. The van der Waals surface area contributed by atoms with E-state index >= 15 is 0 Å². The van der Waals surface area contributed by atoms with Gasteiger partial charge in [0.1, 0.15) is 0 Å². The van der Waals surface area contributed by atoms with Gasteiger partial charge in [-0.05, 0) is 60.7 Å². The van der Waals surface area contributed by atoms with Crippen LogP contribution in [0.4, 0.5) is 17.1 Å². The Bertz CT molecular complexity index is 1530. The number of Topliss-reactive ketones (excluding diaryl/α,β-unsaturated/α-hetero) is 1. The maximum atomic E-state index is 14.0. The average molecular weight is 562 g/mol. The minimum absolute atomic E-state index is 0.0234. The van der Waals surface area contributed by atoms with E-state index in [1.807, 2.05) is 36.4 Å². The third-order valence-electron chi connectivity index (χ3n) is 7.37. The summed E-state index contributed by atoms with van der Waals surface area (Å²) in [6, 6.07) is 13.3. The van der Waals surface area contributed by atoms with Crippen LogP contribution in [0.5, 0.6) is 28.7 Å². The van der Waals surface area contributed by atoms with Crippen LogP contribution in [-0.2, 0) is 4.79 Å². The standard InChI is InChI=1S/C30H31N3O8/c1-5-41-24-15-18(11-22(29(24)35)33(36)37)28-27-21(31-19-8-6-7-9-20(19)32-28)10-16(12-23(27)34)17-13-25(38-2)30(40-4)26(14-17)39-3/h6-9,11,13-16,28,31-32,35H,5,10,12H2,1-4H3/t16-,28+/m1/s1. The van der Waals surface area contributed by atoms with Gasteiger partial charge in [-0.25, -0.2) is 0 Å². The third-order valence-corrected chi connectivity index (χ3v) is 7.37. The molecule has 2 atom stereocenters. The Kier molecular flexibility index (Phi) is 7.60. The Hall–Kier alpha value is -4.93. The van der Waals surface area contributed by atoms with E-state index in [9.17, 15) is 20.0 Å². The summed E-state index contributed by atoms with van der Waals surface area (Å²) in [5.41, 5.74) is 3.41. The molecule has 3 N–H and O–H groups in total. The fraction of sp³-hybridized carbons (Fsp3) is 0.300. The smallest absolute Gasteiger partial charge is 0.315 e. The number of methoxy groups -OCH3 is 3. The van der Waals surface area contributed by atoms with Gasteiger partial charge in [-0.2, -0.15) is 0 Å². The molecule has 0 amide bonds. The van der Waals surface area contributed by atoms with Crippen molar-refractivity contribution in [3.05, 3.63) is 81.0 Å². The summed E-state index contributed by atoms with van der Waals surface area (Å²) in [7, 11) is 4.62. The van der Waals surface area contributed by atoms with Crippen LogP contribution in [0.3, 0.4) is 0 Å². The van der Waals surface area contributed by atoms with Crippen LogP contribution < -0.4 is 29.6 Å². The van der Waals surface area contributed by atoms with Gasteiger partial charge in [0.25, 0.3) is 0 Å². The summed E-state index contributed by atoms with van der Waals surface area (Å²) in [5.74, 6) is 0.535. The molecule has 0 saturated carbocycles. The maximum absolute atomic E-state index is 14.0. The molecule has 3 aromatic rings. The Balaban J connectivity index is 1.65. The lowest BCUT2D eigenvalue weighted by Gasteiger charge is -2.30. The van der Waals surface area contributed by atoms with Crippen LogP contribution >= 0.6 is 0 Å². The first kappa shape index (κ1) is 27.6. The van der Waals surface area contributed by atoms with Crippen LogP contribution in [0.25, 0.3) is 0 Å². The Morgan fingerprint density at radius 1 is 0.951 bits per heavy atom. The molecule has 0 saturated heterocycles. The number of nitro benzene ring substituents is 1. The molecule has 0 spiro atoms. The number of phenols is 1. The van der Waals surface area contributed by atoms with E-state index in [4.69, 9.17) is 18.9 Å². The van der Waals surface area contributed by atoms with Gasteiger partial charge in [0, 0.05) is 23.8 Å². The minimum atomic E-state index is -0.743. The number of rotatable bonds is 8. The van der Waals surface area contributed by atoms with Crippen molar-refractivity contribution in [2.75, 3.05) is 38.6 Å². The molecular weight excluding hydrogens is 530 g/mol. The number of carbonyl (C=O) groups is 1. The number of allylic oxidation sites excluding steroid dienone is 1. The van der Waals surface area contributed by atoms with Crippen LogP contribution in [0.1, 0.15) is 42.9 Å². The quantitative estimate of drug-likeness (QED) is 0.231. The number of nitro groups is 1. The predicted octanol–water partition coefficient (Wildman–Crippen LogP) is 5.70. The van der Waals surface area contributed by atoms with Crippen molar-refractivity contribution in [3.63, 3.8) is 0 Å². The summed E-state index contributed by atoms with van der Waals surface area (Å²) >= 11 is 0. The van der Waals surface area contributed by atoms with Gasteiger partial charge in [0.15, 0.2) is 23.0 Å². The third kappa shape index (κ3) is 5.06. The molecule has 0 unspecified atom stereocenters. The first-order chi connectivity index (χ1) is 19.8. The average Bonchev–Trinajstić information content (AvgIpc) is 3.14. The Labute approximate surface area is 236 Å². The van der Waals surface area contributed by atoms with Crippen molar-refractivity contribution in [1.29, 1.82) is 0 Å². The lowest BCUT2D eigenvalue weighted by molar-refractivity contribution is -0.386. The monoisotopic (exact) mass is 561 g/mol. The van der Waals surface area contributed by atoms with E-state index in [-0.39, 0.29) is 30.5 Å². The first-order valence-electron chi connectivity index (χ1n) is 13.1. The second-order valence-corrected chi connectivity index (χ2v) is 9.70. The molecule has 1 aliphatic carbocycles. The Morgan fingerprint density at radius 2 is 1.61 bits per heavy atom. The second kappa shape index (κ2) is 11.3. The van der Waals surface area contributed by atoms with Gasteiger partial charge in [-0.15, -0.1) is 0 Å². The first-order valence-corrected chi connectivity index (χ1v) is 13.1. The van der Waals surface area contributed by atoms with E-state index in [0.29, 0.717) is 40.5 Å². The number of ether oxygens (including phenoxy) is 4. The van der Waals surface area contributed by atoms with Crippen LogP contribution in [0, 0.1) is 10.1 Å². The summed E-state index contributed by atoms with van der Waals surface area (Å²) < 4.78 is 22.1. The number of benzene rings is 3. The lowest BCUT2D eigenvalue weighted by Crippen LogP contribution is -2.27. The van der Waals surface area contributed by atoms with Gasteiger partial charge < -0.3 is 34.7 Å². The minimum Gasteiger partial charge on any atom is -0.500 e. The van der Waals surface area contributed by atoms with E-state index < -0.39 is 22.4 Å². The van der Waals surface area contributed by atoms with Crippen molar-refractivity contribution < 1.29 is 33.8 Å². The van der Waals surface area contributed by atoms with Gasteiger partial charge in [-0.3, -0.25) is 14.9 Å². The van der Waals surface area contributed by atoms with E-state index in [1.54, 1.807) is 27.2 Å². The van der Waals surface area contributed by atoms with Crippen LogP contribution in [-0.4, -0.2) is 43.7 Å². The fourth-order valence-electron chi connectivity index (χ4n) is 5.50. The number of hydrogen-bond acceptors (Lipinski definition) is 10. The largest absolute Gasteiger partial charge is 0.500 e. The number of carbonyl (C=O) groups excluding carboxylic acids is 1. The molecular formula is C30H31N3O8. The molecule has 11 nitrogen and oxygen atoms in total. The number of ketones is 1. The molecule has 0 bridgehead atoms. The zero-order valence-electron chi connectivity index (χ0n) is 23.1. The van der Waals surface area contributed by atoms with Crippen molar-refractivity contribution in [3.8, 4) is 28.7 Å². The molecule has 214 valence electrons. The molecule has 5 rings (SSSR count). The van der Waals surface area contributed by atoms with E-state index in [2.05, 4.69) is 10.6 Å². The summed E-state index contributed by atoms with van der Waals surface area (Å²) in [6.07, 6.45) is 0.664. The predicted molar refractivity (Wildman–Crippen MR) is 152 cm³/mol. The molecule has 0 fully saturated rings. The van der Waals surface area contributed by atoms with Crippen LogP contribution in [0.15, 0.2) is 59.8 Å². The number of aromatic hydroxyl groups is 1. The topological polar surface area (TPSA) is 141 Å². The number of phenolic OH excluding ortho intramolecular Hbond substituents is 1. The fourth-order valence-corrected chi connectivity index (χ4v) is 5.50. The van der Waals surface area contributed by atoms with Crippen molar-refractivity contribution >= 4 is 22.8 Å². The second-order valence-electron chi connectivity index (χ2n) is 9.70. The highest BCUT2D eigenvalue weighted by atomic mass is 16.6. The normalized spacial score (nSPS) is 17.8. The van der Waals surface area contributed by atoms with Crippen molar-refractivity contribution in [1.82, 2.24) is 0 Å². The van der Waals surface area contributed by atoms with Crippen molar-refractivity contribution in [2.45, 2.75) is 31.7 Å². The summed E-state index contributed by atoms with van der Waals surface area (Å²) in [6.45, 7) is 1.91. The highest BCUT2D eigenvalue weighted by Gasteiger charge is 2.38. The molecule has 0 radical (unpaired) electrons. The Morgan fingerprint density at radius 3 is 2.22 bits per heavy atom. The van der Waals surface area contributed by atoms with E-state index in [1.165, 1.54) is 13.2 Å². The molecule has 3 aromatic carbocycles. The number of hydrogen-bond donors (Lipinski definition) is 3. The zero-order valence-corrected chi connectivity index (χ0v) is 23.1. The molecule has 2 aliphatic rings. The number of fused-ring (bicyclic) bond motifs is 1. The molecule has 0 aromatic heterocycles. The van der Waals surface area contributed by atoms with E-state index in [0.717, 1.165) is 16.9 Å². The summed E-state index contributed by atoms with van der Waals surface area (Å²) in [4.78, 5) is 25.2. The van der Waals surface area contributed by atoms with Gasteiger partial charge in [0.05, 0.1) is 50.3 Å². The van der Waals surface area contributed by atoms with Crippen molar-refractivity contribution in [2.24, 2.45) is 0 Å². The number of anilines is 2. The van der Waals surface area contributed by atoms with Gasteiger partial charge in [0.2, 0.25) is 11.5 Å². The highest BCUT2D eigenvalue weighted by Crippen LogP contribution is 2.48. The molecule has 1 heterocycles. The SMILES string of the molecule is CCOc1cc([C@@H]2Nc3ccccc3NC3=C2C(=O)C[C@H](c2cc(OC)c(OC)c(OC)c2)C3)cc([N+](=O)[O-])c1O. The highest BCUT2D eigenvalue weighted by molar-refractivity contribution is 6.01. The van der Waals surface area contributed by atoms with Crippen LogP contribution in [0.2, 0.25) is 0 Å².